The molecule has 0 unspecified atom stereocenters. The third kappa shape index (κ3) is 5.19. The lowest BCUT2D eigenvalue weighted by Crippen LogP contribution is -2.10. The highest BCUT2D eigenvalue weighted by Gasteiger charge is 2.37. The number of benzene rings is 2. The van der Waals surface area contributed by atoms with Gasteiger partial charge in [0.1, 0.15) is 5.75 Å². The largest absolute Gasteiger partial charge is 0.493 e. The zero-order chi connectivity index (χ0) is 25.9. The Morgan fingerprint density at radius 1 is 1.14 bits per heavy atom. The van der Waals surface area contributed by atoms with Gasteiger partial charge in [-0.15, -0.1) is 0 Å². The molecule has 11 heteroatoms. The number of fused-ring (bicyclic) bond motifs is 2. The number of carbonyl (C=O) groups is 1. The molecule has 0 fully saturated rings. The van der Waals surface area contributed by atoms with Gasteiger partial charge < -0.3 is 28.4 Å². The monoisotopic (exact) mass is 506 g/mol. The van der Waals surface area contributed by atoms with E-state index in [0.717, 1.165) is 10.9 Å². The number of aryl methyl sites for hydroxylation is 2. The van der Waals surface area contributed by atoms with Crippen LogP contribution in [0.1, 0.15) is 31.0 Å². The van der Waals surface area contributed by atoms with Crippen molar-refractivity contribution in [2.75, 3.05) is 20.3 Å². The second-order valence-electron chi connectivity index (χ2n) is 8.15. The minimum Gasteiger partial charge on any atom is -0.493 e. The van der Waals surface area contributed by atoms with Crippen molar-refractivity contribution in [3.05, 3.63) is 47.8 Å². The molecule has 4 rings (SSSR count). The highest BCUT2D eigenvalue weighted by atomic mass is 19.4. The summed E-state index contributed by atoms with van der Waals surface area (Å²) in [6, 6.07) is 8.26. The van der Waals surface area contributed by atoms with Crippen LogP contribution in [0.5, 0.6) is 17.2 Å². The number of nitrogens with zero attached hydrogens (tertiary/aromatic N) is 2. The predicted octanol–water partition coefficient (Wildman–Crippen LogP) is 5.69. The molecule has 4 aromatic rings. The van der Waals surface area contributed by atoms with Crippen LogP contribution in [0.2, 0.25) is 0 Å². The first-order valence-electron chi connectivity index (χ1n) is 11.4. The maximum Gasteiger partial charge on any atom is 0.437 e. The first kappa shape index (κ1) is 25.2. The van der Waals surface area contributed by atoms with E-state index in [-0.39, 0.29) is 11.0 Å². The van der Waals surface area contributed by atoms with Crippen LogP contribution in [0.3, 0.4) is 0 Å². The third-order valence-corrected chi connectivity index (χ3v) is 5.68. The smallest absolute Gasteiger partial charge is 0.437 e. The zero-order valence-electron chi connectivity index (χ0n) is 19.7. The van der Waals surface area contributed by atoms with Gasteiger partial charge in [-0.1, -0.05) is 18.5 Å². The van der Waals surface area contributed by atoms with Crippen LogP contribution in [0.25, 0.3) is 21.9 Å². The van der Waals surface area contributed by atoms with Gasteiger partial charge in [0.15, 0.2) is 29.4 Å². The molecule has 36 heavy (non-hydrogen) atoms. The van der Waals surface area contributed by atoms with Gasteiger partial charge in [-0.3, -0.25) is 0 Å². The van der Waals surface area contributed by atoms with E-state index in [1.807, 2.05) is 23.8 Å². The highest BCUT2D eigenvalue weighted by Crippen LogP contribution is 2.38. The molecule has 0 saturated carbocycles. The molecule has 192 valence electrons. The van der Waals surface area contributed by atoms with Crippen molar-refractivity contribution in [3.8, 4) is 17.2 Å². The number of rotatable bonds is 11. The number of carboxylic acids is 1. The molecule has 0 saturated heterocycles. The van der Waals surface area contributed by atoms with Crippen LogP contribution in [-0.2, 0) is 23.9 Å². The number of ether oxygens (including phenoxy) is 3. The minimum absolute atomic E-state index is 0.0715. The number of aromatic nitrogens is 2. The Balaban J connectivity index is 1.46. The third-order valence-electron chi connectivity index (χ3n) is 5.68. The molecular formula is C25H25F3N2O6. The van der Waals surface area contributed by atoms with E-state index in [1.54, 1.807) is 12.1 Å². The Morgan fingerprint density at radius 3 is 2.64 bits per heavy atom. The number of carboxylic acid groups (broad SMARTS) is 1. The average molecular weight is 506 g/mol. The van der Waals surface area contributed by atoms with Gasteiger partial charge in [0, 0.05) is 29.8 Å². The first-order chi connectivity index (χ1) is 17.2. The molecule has 8 nitrogen and oxygen atoms in total. The number of hydrogen-bond donors (Lipinski definition) is 1. The molecule has 2 aromatic carbocycles. The van der Waals surface area contributed by atoms with Crippen molar-refractivity contribution < 1.29 is 41.8 Å². The van der Waals surface area contributed by atoms with E-state index >= 15 is 0 Å². The zero-order valence-corrected chi connectivity index (χ0v) is 19.7. The lowest BCUT2D eigenvalue weighted by molar-refractivity contribution is -0.141. The maximum absolute atomic E-state index is 13.2. The van der Waals surface area contributed by atoms with Gasteiger partial charge in [-0.25, -0.2) is 4.79 Å². The molecule has 0 spiro atoms. The average Bonchev–Trinajstić information content (AvgIpc) is 3.45. The molecular weight excluding hydrogens is 481 g/mol. The molecule has 0 atom stereocenters. The van der Waals surface area contributed by atoms with E-state index in [9.17, 15) is 18.0 Å². The summed E-state index contributed by atoms with van der Waals surface area (Å²) in [6.45, 7) is 2.39. The number of methoxy groups -OCH3 is 1. The lowest BCUT2D eigenvalue weighted by Gasteiger charge is -2.13. The fourth-order valence-electron chi connectivity index (χ4n) is 4.09. The standard InChI is InChI=1S/C25H25F3N2O6/c1-3-5-16-19(7-6-17-23(16)36-29-24(17)25(26,27)28)34-11-4-9-30-10-8-15-12-21(35-14-22(31)32)20(33-2)13-18(15)30/h6-8,10,12-13H,3-5,9,11,14H2,1-2H3,(H,31,32). The SMILES string of the molecule is CCCc1c(OCCCn2ccc3cc(OCC(=O)O)c(OC)cc32)ccc2c(C(F)(F)F)noc12. The van der Waals surface area contributed by atoms with Crippen LogP contribution >= 0.6 is 0 Å². The number of halogens is 3. The molecule has 0 amide bonds. The van der Waals surface area contributed by atoms with Crippen molar-refractivity contribution in [2.45, 2.75) is 38.9 Å². The van der Waals surface area contributed by atoms with Crippen molar-refractivity contribution in [1.82, 2.24) is 9.72 Å². The van der Waals surface area contributed by atoms with Crippen molar-refractivity contribution in [2.24, 2.45) is 0 Å². The Bertz CT molecular complexity index is 1380. The summed E-state index contributed by atoms with van der Waals surface area (Å²) in [7, 11) is 1.48. The summed E-state index contributed by atoms with van der Waals surface area (Å²) in [6.07, 6.45) is -0.882. The summed E-state index contributed by atoms with van der Waals surface area (Å²) >= 11 is 0. The molecule has 2 heterocycles. The molecule has 2 aromatic heterocycles. The molecule has 0 aliphatic carbocycles. The highest BCUT2D eigenvalue weighted by molar-refractivity contribution is 5.85. The van der Waals surface area contributed by atoms with Crippen LogP contribution in [0, 0.1) is 0 Å². The summed E-state index contributed by atoms with van der Waals surface area (Å²) in [5.74, 6) is 0.157. The van der Waals surface area contributed by atoms with E-state index in [0.29, 0.717) is 55.2 Å². The molecule has 0 aliphatic rings. The normalized spacial score (nSPS) is 11.8. The van der Waals surface area contributed by atoms with Crippen molar-refractivity contribution >= 4 is 27.8 Å². The van der Waals surface area contributed by atoms with Gasteiger partial charge in [-0.2, -0.15) is 13.2 Å². The van der Waals surface area contributed by atoms with E-state index in [1.165, 1.54) is 19.2 Å². The second kappa shape index (κ2) is 10.4. The van der Waals surface area contributed by atoms with Gasteiger partial charge in [0.2, 0.25) is 0 Å². The van der Waals surface area contributed by atoms with Crippen LogP contribution in [0.4, 0.5) is 13.2 Å². The minimum atomic E-state index is -4.59. The Kier molecular flexibility index (Phi) is 7.27. The Morgan fingerprint density at radius 2 is 1.94 bits per heavy atom. The van der Waals surface area contributed by atoms with Gasteiger partial charge in [0.25, 0.3) is 0 Å². The fourth-order valence-corrected chi connectivity index (χ4v) is 4.09. The van der Waals surface area contributed by atoms with Crippen molar-refractivity contribution in [3.63, 3.8) is 0 Å². The van der Waals surface area contributed by atoms with Crippen LogP contribution < -0.4 is 14.2 Å². The first-order valence-corrected chi connectivity index (χ1v) is 11.4. The molecule has 0 radical (unpaired) electrons. The van der Waals surface area contributed by atoms with Crippen LogP contribution in [0.15, 0.2) is 41.1 Å². The maximum atomic E-state index is 13.2. The van der Waals surface area contributed by atoms with E-state index < -0.39 is 24.4 Å². The lowest BCUT2D eigenvalue weighted by atomic mass is 10.0. The van der Waals surface area contributed by atoms with Crippen LogP contribution in [-0.4, -0.2) is 41.1 Å². The van der Waals surface area contributed by atoms with Gasteiger partial charge >= 0.3 is 12.1 Å². The van der Waals surface area contributed by atoms with Crippen molar-refractivity contribution in [1.29, 1.82) is 0 Å². The quantitative estimate of drug-likeness (QED) is 0.261. The number of aliphatic carboxylic acids is 1. The van der Waals surface area contributed by atoms with Gasteiger partial charge in [-0.05, 0) is 37.1 Å². The van der Waals surface area contributed by atoms with E-state index in [4.69, 9.17) is 23.8 Å². The summed E-state index contributed by atoms with van der Waals surface area (Å²) in [4.78, 5) is 10.8. The van der Waals surface area contributed by atoms with Gasteiger partial charge in [0.05, 0.1) is 24.6 Å². The summed E-state index contributed by atoms with van der Waals surface area (Å²) < 4.78 is 63.3. The topological polar surface area (TPSA) is 96.0 Å². The fraction of sp³-hybridized carbons (Fsp3) is 0.360. The summed E-state index contributed by atoms with van der Waals surface area (Å²) in [5, 5.41) is 12.9. The predicted molar refractivity (Wildman–Crippen MR) is 125 cm³/mol. The Labute approximate surface area is 204 Å². The Hall–Kier alpha value is -3.89. The second-order valence-corrected chi connectivity index (χ2v) is 8.15. The summed E-state index contributed by atoms with van der Waals surface area (Å²) in [5.41, 5.74) is 0.519. The molecule has 0 bridgehead atoms. The number of alkyl halides is 3. The van der Waals surface area contributed by atoms with E-state index in [2.05, 4.69) is 5.16 Å². The molecule has 1 N–H and O–H groups in total. The molecule has 0 aliphatic heterocycles. The number of hydrogen-bond acceptors (Lipinski definition) is 6.